The van der Waals surface area contributed by atoms with E-state index < -0.39 is 5.82 Å². The molecule has 0 aliphatic carbocycles. The second-order valence-corrected chi connectivity index (χ2v) is 4.28. The van der Waals surface area contributed by atoms with Gasteiger partial charge in [-0.2, -0.15) is 0 Å². The van der Waals surface area contributed by atoms with E-state index in [4.69, 9.17) is 10.5 Å². The predicted octanol–water partition coefficient (Wildman–Crippen LogP) is 0.716. The number of nitrogens with one attached hydrogen (secondary N) is 1. The van der Waals surface area contributed by atoms with Gasteiger partial charge in [-0.3, -0.25) is 4.79 Å². The number of hydrogen-bond acceptors (Lipinski definition) is 4. The lowest BCUT2D eigenvalue weighted by Gasteiger charge is -2.16. The van der Waals surface area contributed by atoms with Crippen LogP contribution in [0.15, 0.2) is 18.2 Å². The topological polar surface area (TPSA) is 67.6 Å². The van der Waals surface area contributed by atoms with E-state index in [1.54, 1.807) is 7.11 Å². The summed E-state index contributed by atoms with van der Waals surface area (Å²) in [6.07, 6.45) is 0. The number of nitrogens with two attached hydrogens (primary N) is 1. The molecule has 0 saturated heterocycles. The van der Waals surface area contributed by atoms with Crippen LogP contribution in [0.4, 0.5) is 10.1 Å². The minimum atomic E-state index is -0.451. The van der Waals surface area contributed by atoms with Crippen molar-refractivity contribution in [3.8, 4) is 0 Å². The maximum Gasteiger partial charge on any atom is 0.253 e. The zero-order valence-corrected chi connectivity index (χ0v) is 11.3. The van der Waals surface area contributed by atoms with E-state index >= 15 is 0 Å². The number of nitrogen functional groups attached to an aromatic ring is 1. The molecule has 3 N–H and O–H groups in total. The van der Waals surface area contributed by atoms with E-state index in [0.29, 0.717) is 25.3 Å². The molecular weight excluding hydrogens is 249 g/mol. The molecule has 19 heavy (non-hydrogen) atoms. The number of rotatable bonds is 7. The van der Waals surface area contributed by atoms with Crippen LogP contribution in [0.25, 0.3) is 0 Å². The Kier molecular flexibility index (Phi) is 6.24. The normalized spacial score (nSPS) is 10.7. The number of likely N-dealkylation sites (N-methyl/N-ethyl adjacent to an activating group) is 1. The molecule has 0 saturated carbocycles. The number of amides is 1. The van der Waals surface area contributed by atoms with E-state index in [0.717, 1.165) is 12.6 Å². The first-order valence-corrected chi connectivity index (χ1v) is 6.05. The molecule has 0 fully saturated rings. The average Bonchev–Trinajstić information content (AvgIpc) is 2.36. The van der Waals surface area contributed by atoms with E-state index in [9.17, 15) is 9.18 Å². The van der Waals surface area contributed by atoms with Gasteiger partial charge in [-0.25, -0.2) is 4.39 Å². The second kappa shape index (κ2) is 7.70. The molecule has 0 aliphatic rings. The highest BCUT2D eigenvalue weighted by atomic mass is 19.1. The molecule has 0 unspecified atom stereocenters. The molecule has 0 aliphatic heterocycles. The first kappa shape index (κ1) is 15.4. The lowest BCUT2D eigenvalue weighted by atomic mass is 10.1. The molecule has 6 heteroatoms. The van der Waals surface area contributed by atoms with E-state index in [2.05, 4.69) is 5.32 Å². The van der Waals surface area contributed by atoms with Gasteiger partial charge >= 0.3 is 0 Å². The third-order valence-corrected chi connectivity index (χ3v) is 2.71. The summed E-state index contributed by atoms with van der Waals surface area (Å²) in [5, 5.41) is 2.74. The fourth-order valence-corrected chi connectivity index (χ4v) is 1.55. The fourth-order valence-electron chi connectivity index (χ4n) is 1.55. The summed E-state index contributed by atoms with van der Waals surface area (Å²) in [5.74, 6) is -0.744. The van der Waals surface area contributed by atoms with Crippen molar-refractivity contribution in [2.24, 2.45) is 0 Å². The summed E-state index contributed by atoms with van der Waals surface area (Å²) in [6, 6.07) is 3.74. The lowest BCUT2D eigenvalue weighted by molar-refractivity contribution is 0.0948. The first-order valence-electron chi connectivity index (χ1n) is 6.05. The third-order valence-electron chi connectivity index (χ3n) is 2.71. The van der Waals surface area contributed by atoms with Crippen LogP contribution in [-0.2, 0) is 4.74 Å². The van der Waals surface area contributed by atoms with Crippen LogP contribution >= 0.6 is 0 Å². The zero-order chi connectivity index (χ0) is 14.3. The van der Waals surface area contributed by atoms with Crippen LogP contribution in [-0.4, -0.2) is 51.2 Å². The number of hydrogen-bond donors (Lipinski definition) is 2. The monoisotopic (exact) mass is 269 g/mol. The number of methoxy groups -OCH3 is 1. The summed E-state index contributed by atoms with van der Waals surface area (Å²) in [7, 11) is 3.59. The average molecular weight is 269 g/mol. The number of nitrogens with zero attached hydrogens (tertiary/aromatic N) is 1. The van der Waals surface area contributed by atoms with Crippen molar-refractivity contribution in [2.45, 2.75) is 0 Å². The summed E-state index contributed by atoms with van der Waals surface area (Å²) >= 11 is 0. The van der Waals surface area contributed by atoms with Crippen molar-refractivity contribution in [1.82, 2.24) is 10.2 Å². The number of benzene rings is 1. The highest BCUT2D eigenvalue weighted by Gasteiger charge is 2.09. The van der Waals surface area contributed by atoms with Crippen LogP contribution in [0.3, 0.4) is 0 Å². The highest BCUT2D eigenvalue weighted by Crippen LogP contribution is 2.12. The van der Waals surface area contributed by atoms with Gasteiger partial charge in [0.05, 0.1) is 12.2 Å². The van der Waals surface area contributed by atoms with E-state index in [1.807, 2.05) is 11.9 Å². The third kappa shape index (κ3) is 5.23. The van der Waals surface area contributed by atoms with Crippen LogP contribution in [0.2, 0.25) is 0 Å². The smallest absolute Gasteiger partial charge is 0.253 e. The molecule has 1 amide bonds. The van der Waals surface area contributed by atoms with Gasteiger partial charge in [0.1, 0.15) is 5.82 Å². The molecule has 5 nitrogen and oxygen atoms in total. The van der Waals surface area contributed by atoms with Crippen molar-refractivity contribution < 1.29 is 13.9 Å². The number of carbonyl (C=O) groups is 1. The second-order valence-electron chi connectivity index (χ2n) is 4.28. The van der Waals surface area contributed by atoms with Crippen molar-refractivity contribution >= 4 is 11.6 Å². The lowest BCUT2D eigenvalue weighted by Crippen LogP contribution is -2.34. The first-order chi connectivity index (χ1) is 9.04. The Balaban J connectivity index is 2.39. The number of carbonyl (C=O) groups excluding carboxylic acids is 1. The van der Waals surface area contributed by atoms with Gasteiger partial charge in [0, 0.05) is 32.4 Å². The summed E-state index contributed by atoms with van der Waals surface area (Å²) in [4.78, 5) is 13.9. The molecule has 0 aromatic heterocycles. The molecule has 1 rings (SSSR count). The minimum Gasteiger partial charge on any atom is -0.398 e. The summed E-state index contributed by atoms with van der Waals surface area (Å²) in [6.45, 7) is 2.65. The molecule has 0 atom stereocenters. The SMILES string of the molecule is COCCN(C)CCNC(=O)c1ccc(F)cc1N. The van der Waals surface area contributed by atoms with Crippen molar-refractivity contribution in [3.05, 3.63) is 29.6 Å². The Morgan fingerprint density at radius 3 is 2.84 bits per heavy atom. The standard InChI is InChI=1S/C13H20FN3O2/c1-17(7-8-19-2)6-5-16-13(18)11-4-3-10(14)9-12(11)15/h3-4,9H,5-8,15H2,1-2H3,(H,16,18). The maximum atomic E-state index is 12.9. The van der Waals surface area contributed by atoms with Crippen molar-refractivity contribution in [2.75, 3.05) is 46.1 Å². The van der Waals surface area contributed by atoms with Crippen molar-refractivity contribution in [1.29, 1.82) is 0 Å². The van der Waals surface area contributed by atoms with E-state index in [-0.39, 0.29) is 11.6 Å². The van der Waals surface area contributed by atoms with Gasteiger partial charge in [0.15, 0.2) is 0 Å². The van der Waals surface area contributed by atoms with Gasteiger partial charge in [0.2, 0.25) is 0 Å². The van der Waals surface area contributed by atoms with Gasteiger partial charge in [-0.1, -0.05) is 0 Å². The molecule has 1 aromatic rings. The zero-order valence-electron chi connectivity index (χ0n) is 11.3. The molecule has 0 bridgehead atoms. The molecule has 0 spiro atoms. The van der Waals surface area contributed by atoms with Gasteiger partial charge in [-0.05, 0) is 25.2 Å². The highest BCUT2D eigenvalue weighted by molar-refractivity contribution is 5.99. The Hall–Kier alpha value is -1.66. The number of halogens is 1. The maximum absolute atomic E-state index is 12.9. The fraction of sp³-hybridized carbons (Fsp3) is 0.462. The quantitative estimate of drug-likeness (QED) is 0.716. The molecule has 0 heterocycles. The van der Waals surface area contributed by atoms with Gasteiger partial charge < -0.3 is 20.7 Å². The van der Waals surface area contributed by atoms with Gasteiger partial charge in [0.25, 0.3) is 5.91 Å². The van der Waals surface area contributed by atoms with Crippen LogP contribution in [0, 0.1) is 5.82 Å². The number of ether oxygens (including phenoxy) is 1. The molecule has 106 valence electrons. The minimum absolute atomic E-state index is 0.144. The van der Waals surface area contributed by atoms with Crippen LogP contribution in [0.5, 0.6) is 0 Å². The Labute approximate surface area is 112 Å². The van der Waals surface area contributed by atoms with Gasteiger partial charge in [-0.15, -0.1) is 0 Å². The molecule has 0 radical (unpaired) electrons. The predicted molar refractivity (Wildman–Crippen MR) is 72.5 cm³/mol. The van der Waals surface area contributed by atoms with E-state index in [1.165, 1.54) is 12.1 Å². The Bertz CT molecular complexity index is 426. The summed E-state index contributed by atoms with van der Waals surface area (Å²) in [5.41, 5.74) is 6.03. The summed E-state index contributed by atoms with van der Waals surface area (Å²) < 4.78 is 17.8. The molecular formula is C13H20FN3O2. The Morgan fingerprint density at radius 1 is 1.47 bits per heavy atom. The Morgan fingerprint density at radius 2 is 2.21 bits per heavy atom. The molecule has 1 aromatic carbocycles. The van der Waals surface area contributed by atoms with Crippen LogP contribution in [0.1, 0.15) is 10.4 Å². The largest absolute Gasteiger partial charge is 0.398 e. The van der Waals surface area contributed by atoms with Crippen LogP contribution < -0.4 is 11.1 Å². The number of anilines is 1. The van der Waals surface area contributed by atoms with Crippen molar-refractivity contribution in [3.63, 3.8) is 0 Å².